The van der Waals surface area contributed by atoms with Crippen LogP contribution in [0.5, 0.6) is 11.5 Å². The molecule has 8 heteroatoms. The number of anilines is 1. The van der Waals surface area contributed by atoms with E-state index in [1.54, 1.807) is 0 Å². The van der Waals surface area contributed by atoms with Gasteiger partial charge >= 0.3 is 0 Å². The van der Waals surface area contributed by atoms with Crippen LogP contribution in [0.15, 0.2) is 120 Å². The third kappa shape index (κ3) is 6.55. The standard InChI is InChI=1S/C37H33N5O3/c43-33(20-19-27-11-4-1-5-12-27)41-21-23-42(24-22-41)36-34-35(29-15-10-18-31(26-29)44-30-16-8-3-9-17-30)40-45-37(34)39-32(38-36)25-28-13-6-2-7-14-28/h1-18,26H,19-25H2. The van der Waals surface area contributed by atoms with E-state index >= 15 is 0 Å². The summed E-state index contributed by atoms with van der Waals surface area (Å²) in [6.45, 7) is 2.54. The highest BCUT2D eigenvalue weighted by atomic mass is 16.5. The van der Waals surface area contributed by atoms with Crippen LogP contribution in [0.1, 0.15) is 23.4 Å². The zero-order valence-corrected chi connectivity index (χ0v) is 24.9. The van der Waals surface area contributed by atoms with E-state index in [9.17, 15) is 4.79 Å². The number of nitrogens with zero attached hydrogens (tertiary/aromatic N) is 5. The number of aryl methyl sites for hydroxylation is 1. The van der Waals surface area contributed by atoms with Gasteiger partial charge in [0.2, 0.25) is 5.91 Å². The normalized spacial score (nSPS) is 13.2. The fourth-order valence-electron chi connectivity index (χ4n) is 5.72. The fraction of sp³-hybridized carbons (Fsp3) is 0.189. The molecular formula is C37H33N5O3. The minimum absolute atomic E-state index is 0.178. The summed E-state index contributed by atoms with van der Waals surface area (Å²) in [6, 6.07) is 37.8. The predicted octanol–water partition coefficient (Wildman–Crippen LogP) is 6.95. The van der Waals surface area contributed by atoms with Gasteiger partial charge in [-0.25, -0.2) is 4.98 Å². The average molecular weight is 596 g/mol. The highest BCUT2D eigenvalue weighted by molar-refractivity contribution is 5.98. The van der Waals surface area contributed by atoms with Gasteiger partial charge < -0.3 is 19.1 Å². The van der Waals surface area contributed by atoms with Gasteiger partial charge in [0.25, 0.3) is 5.71 Å². The quantitative estimate of drug-likeness (QED) is 0.179. The number of piperazine rings is 1. The number of rotatable bonds is 9. The molecule has 8 nitrogen and oxygen atoms in total. The number of para-hydroxylation sites is 1. The van der Waals surface area contributed by atoms with Crippen molar-refractivity contribution in [2.24, 2.45) is 0 Å². The van der Waals surface area contributed by atoms with E-state index in [4.69, 9.17) is 19.2 Å². The molecule has 0 saturated carbocycles. The maximum Gasteiger partial charge on any atom is 0.263 e. The van der Waals surface area contributed by atoms with Crippen molar-refractivity contribution in [3.05, 3.63) is 132 Å². The third-order valence-electron chi connectivity index (χ3n) is 8.06. The number of aromatic nitrogens is 3. The molecule has 0 unspecified atom stereocenters. The molecule has 1 saturated heterocycles. The van der Waals surface area contributed by atoms with Crippen LogP contribution < -0.4 is 9.64 Å². The van der Waals surface area contributed by atoms with Crippen LogP contribution in [-0.2, 0) is 17.6 Å². The molecule has 0 aliphatic carbocycles. The Labute approximate surface area is 261 Å². The second kappa shape index (κ2) is 13.0. The fourth-order valence-corrected chi connectivity index (χ4v) is 5.72. The van der Waals surface area contributed by atoms with Gasteiger partial charge in [0.05, 0.1) is 0 Å². The van der Waals surface area contributed by atoms with Gasteiger partial charge in [-0.1, -0.05) is 96.2 Å². The van der Waals surface area contributed by atoms with Gasteiger partial charge in [-0.2, -0.15) is 4.98 Å². The Morgan fingerprint density at radius 1 is 0.733 bits per heavy atom. The van der Waals surface area contributed by atoms with Crippen LogP contribution in [0.4, 0.5) is 5.82 Å². The lowest BCUT2D eigenvalue weighted by Crippen LogP contribution is -2.49. The summed E-state index contributed by atoms with van der Waals surface area (Å²) in [6.07, 6.45) is 1.81. The van der Waals surface area contributed by atoms with Gasteiger partial charge in [0, 0.05) is 44.6 Å². The topological polar surface area (TPSA) is 84.6 Å². The van der Waals surface area contributed by atoms with Crippen LogP contribution in [0, 0.1) is 0 Å². The molecule has 4 aromatic carbocycles. The maximum atomic E-state index is 13.1. The van der Waals surface area contributed by atoms with Gasteiger partial charge in [0.1, 0.15) is 34.2 Å². The van der Waals surface area contributed by atoms with Crippen molar-refractivity contribution in [1.82, 2.24) is 20.0 Å². The van der Waals surface area contributed by atoms with Crippen molar-refractivity contribution in [3.63, 3.8) is 0 Å². The van der Waals surface area contributed by atoms with E-state index in [-0.39, 0.29) is 5.91 Å². The molecule has 3 heterocycles. The first-order chi connectivity index (χ1) is 22.2. The van der Waals surface area contributed by atoms with Crippen molar-refractivity contribution in [2.45, 2.75) is 19.3 Å². The highest BCUT2D eigenvalue weighted by Gasteiger charge is 2.27. The Kier molecular flexibility index (Phi) is 8.18. The zero-order valence-electron chi connectivity index (χ0n) is 24.9. The summed E-state index contributed by atoms with van der Waals surface area (Å²) in [5, 5.41) is 5.25. The van der Waals surface area contributed by atoms with E-state index in [1.165, 1.54) is 5.56 Å². The van der Waals surface area contributed by atoms with Gasteiger partial charge in [-0.05, 0) is 41.8 Å². The minimum atomic E-state index is 0.178. The third-order valence-corrected chi connectivity index (χ3v) is 8.06. The van der Waals surface area contributed by atoms with Crippen molar-refractivity contribution >= 4 is 22.8 Å². The van der Waals surface area contributed by atoms with Crippen molar-refractivity contribution in [2.75, 3.05) is 31.1 Å². The maximum absolute atomic E-state index is 13.1. The lowest BCUT2D eigenvalue weighted by Gasteiger charge is -2.35. The Hall–Kier alpha value is -5.50. The molecule has 45 heavy (non-hydrogen) atoms. The molecule has 1 fully saturated rings. The van der Waals surface area contributed by atoms with Gasteiger partial charge in [-0.15, -0.1) is 0 Å². The molecular weight excluding hydrogens is 562 g/mol. The second-order valence-electron chi connectivity index (χ2n) is 11.1. The minimum Gasteiger partial charge on any atom is -0.457 e. The SMILES string of the molecule is O=C(CCc1ccccc1)N1CCN(c2nc(Cc3ccccc3)nc3onc(-c4cccc(Oc5ccccc5)c4)c23)CC1. The summed E-state index contributed by atoms with van der Waals surface area (Å²) < 4.78 is 12.0. The van der Waals surface area contributed by atoms with Gasteiger partial charge in [0.15, 0.2) is 0 Å². The number of fused-ring (bicyclic) bond motifs is 1. The highest BCUT2D eigenvalue weighted by Crippen LogP contribution is 2.36. The Bertz CT molecular complexity index is 1890. The Morgan fingerprint density at radius 3 is 2.13 bits per heavy atom. The lowest BCUT2D eigenvalue weighted by molar-refractivity contribution is -0.131. The van der Waals surface area contributed by atoms with Crippen LogP contribution in [0.3, 0.4) is 0 Å². The largest absolute Gasteiger partial charge is 0.457 e. The van der Waals surface area contributed by atoms with E-state index in [0.717, 1.165) is 34.5 Å². The summed E-state index contributed by atoms with van der Waals surface area (Å²) in [4.78, 5) is 27.2. The van der Waals surface area contributed by atoms with E-state index in [1.807, 2.05) is 95.9 Å². The van der Waals surface area contributed by atoms with Crippen LogP contribution >= 0.6 is 0 Å². The number of amides is 1. The van der Waals surface area contributed by atoms with Crippen LogP contribution in [0.25, 0.3) is 22.4 Å². The zero-order chi connectivity index (χ0) is 30.4. The Balaban J connectivity index is 1.17. The lowest BCUT2D eigenvalue weighted by atomic mass is 10.1. The molecule has 224 valence electrons. The monoisotopic (exact) mass is 595 g/mol. The molecule has 7 rings (SSSR count). The predicted molar refractivity (Wildman–Crippen MR) is 174 cm³/mol. The molecule has 2 aromatic heterocycles. The first-order valence-electron chi connectivity index (χ1n) is 15.3. The first-order valence-corrected chi connectivity index (χ1v) is 15.3. The Morgan fingerprint density at radius 2 is 1.40 bits per heavy atom. The number of ether oxygens (including phenoxy) is 1. The van der Waals surface area contributed by atoms with Gasteiger partial charge in [-0.3, -0.25) is 4.79 Å². The van der Waals surface area contributed by atoms with Crippen molar-refractivity contribution in [3.8, 4) is 22.8 Å². The molecule has 1 amide bonds. The van der Waals surface area contributed by atoms with Crippen molar-refractivity contribution < 1.29 is 14.1 Å². The van der Waals surface area contributed by atoms with Crippen molar-refractivity contribution in [1.29, 1.82) is 0 Å². The van der Waals surface area contributed by atoms with E-state index in [0.29, 0.717) is 62.0 Å². The number of carbonyl (C=O) groups is 1. The average Bonchev–Trinajstić information content (AvgIpc) is 3.53. The summed E-state index contributed by atoms with van der Waals surface area (Å²) in [5.41, 5.74) is 4.24. The van der Waals surface area contributed by atoms with E-state index in [2.05, 4.69) is 34.3 Å². The first kappa shape index (κ1) is 28.3. The molecule has 6 aromatic rings. The van der Waals surface area contributed by atoms with Crippen LogP contribution in [-0.4, -0.2) is 52.1 Å². The molecule has 0 bridgehead atoms. The molecule has 0 spiro atoms. The van der Waals surface area contributed by atoms with E-state index < -0.39 is 0 Å². The number of benzene rings is 4. The summed E-state index contributed by atoms with van der Waals surface area (Å²) >= 11 is 0. The number of carbonyl (C=O) groups excluding carboxylic acids is 1. The van der Waals surface area contributed by atoms with Crippen LogP contribution in [0.2, 0.25) is 0 Å². The summed E-state index contributed by atoms with van der Waals surface area (Å²) in [7, 11) is 0. The summed E-state index contributed by atoms with van der Waals surface area (Å²) in [5.74, 6) is 3.06. The molecule has 0 radical (unpaired) electrons. The smallest absolute Gasteiger partial charge is 0.263 e. The molecule has 0 atom stereocenters. The molecule has 1 aliphatic heterocycles. The molecule has 0 N–H and O–H groups in total. The second-order valence-corrected chi connectivity index (χ2v) is 11.1. The number of hydrogen-bond donors (Lipinski definition) is 0. The molecule has 1 aliphatic rings. The number of hydrogen-bond acceptors (Lipinski definition) is 7.